The van der Waals surface area contributed by atoms with E-state index in [1.807, 2.05) is 6.92 Å². The van der Waals surface area contributed by atoms with Gasteiger partial charge in [-0.2, -0.15) is 0 Å². The number of hydrogen-bond donors (Lipinski definition) is 1. The Morgan fingerprint density at radius 1 is 1.47 bits per heavy atom. The van der Waals surface area contributed by atoms with Crippen LogP contribution in [-0.2, 0) is 9.84 Å². The lowest BCUT2D eigenvalue weighted by atomic mass is 10.1. The molecule has 0 saturated carbocycles. The van der Waals surface area contributed by atoms with Gasteiger partial charge < -0.3 is 5.32 Å². The van der Waals surface area contributed by atoms with E-state index < -0.39 is 9.84 Å². The number of aryl methyl sites for hydroxylation is 1. The Bertz CT molecular complexity index is 545. The monoisotopic (exact) mass is 321 g/mol. The van der Waals surface area contributed by atoms with E-state index in [2.05, 4.69) is 21.2 Å². The Kier molecular flexibility index (Phi) is 3.45. The van der Waals surface area contributed by atoms with E-state index in [-0.39, 0.29) is 23.4 Å². The molecule has 1 N–H and O–H groups in total. The molecule has 1 heterocycles. The number of nitrogens with one attached hydrogen (secondary N) is 1. The number of sulfone groups is 1. The van der Waals surface area contributed by atoms with Crippen LogP contribution >= 0.6 is 15.9 Å². The number of anilines is 1. The molecule has 1 atom stereocenters. The lowest BCUT2D eigenvalue weighted by Crippen LogP contribution is -2.21. The maximum atomic E-state index is 13.4. The van der Waals surface area contributed by atoms with Crippen LogP contribution in [0.15, 0.2) is 16.6 Å². The quantitative estimate of drug-likeness (QED) is 0.910. The van der Waals surface area contributed by atoms with Gasteiger partial charge in [-0.1, -0.05) is 0 Å². The predicted octanol–water partition coefficient (Wildman–Crippen LogP) is 2.50. The van der Waals surface area contributed by atoms with Gasteiger partial charge in [0.2, 0.25) is 0 Å². The summed E-state index contributed by atoms with van der Waals surface area (Å²) in [5.41, 5.74) is 1.55. The van der Waals surface area contributed by atoms with Crippen molar-refractivity contribution in [2.24, 2.45) is 0 Å². The third-order valence-corrected chi connectivity index (χ3v) is 5.23. The van der Waals surface area contributed by atoms with Crippen molar-refractivity contribution >= 4 is 31.5 Å². The minimum absolute atomic E-state index is 0.112. The highest BCUT2D eigenvalue weighted by Crippen LogP contribution is 2.26. The van der Waals surface area contributed by atoms with Crippen LogP contribution in [0.5, 0.6) is 0 Å². The third kappa shape index (κ3) is 2.98. The van der Waals surface area contributed by atoms with E-state index in [4.69, 9.17) is 0 Å². The van der Waals surface area contributed by atoms with Crippen molar-refractivity contribution < 1.29 is 12.8 Å². The van der Waals surface area contributed by atoms with Gasteiger partial charge in [-0.15, -0.1) is 0 Å². The van der Waals surface area contributed by atoms with Gasteiger partial charge in [0, 0.05) is 11.7 Å². The van der Waals surface area contributed by atoms with E-state index in [9.17, 15) is 12.8 Å². The predicted molar refractivity (Wildman–Crippen MR) is 69.5 cm³/mol. The van der Waals surface area contributed by atoms with Gasteiger partial charge in [-0.3, -0.25) is 0 Å². The maximum absolute atomic E-state index is 13.4. The second kappa shape index (κ2) is 4.57. The molecule has 1 aromatic carbocycles. The molecule has 0 radical (unpaired) electrons. The van der Waals surface area contributed by atoms with E-state index in [0.29, 0.717) is 16.6 Å². The fraction of sp³-hybridized carbons (Fsp3) is 0.455. The van der Waals surface area contributed by atoms with Crippen LogP contribution in [0.4, 0.5) is 10.1 Å². The first-order chi connectivity index (χ1) is 7.87. The van der Waals surface area contributed by atoms with Crippen LogP contribution in [-0.4, -0.2) is 26.0 Å². The molecular weight excluding hydrogens is 309 g/mol. The van der Waals surface area contributed by atoms with Crippen molar-refractivity contribution in [1.82, 2.24) is 0 Å². The summed E-state index contributed by atoms with van der Waals surface area (Å²) >= 11 is 3.11. The van der Waals surface area contributed by atoms with Crippen LogP contribution < -0.4 is 5.32 Å². The average molecular weight is 322 g/mol. The van der Waals surface area contributed by atoms with Gasteiger partial charge >= 0.3 is 0 Å². The van der Waals surface area contributed by atoms with Crippen LogP contribution in [0, 0.1) is 12.7 Å². The summed E-state index contributed by atoms with van der Waals surface area (Å²) in [5, 5.41) is 3.09. The van der Waals surface area contributed by atoms with Crippen molar-refractivity contribution in [1.29, 1.82) is 0 Å². The zero-order valence-electron chi connectivity index (χ0n) is 9.33. The molecule has 1 unspecified atom stereocenters. The Morgan fingerprint density at radius 2 is 2.18 bits per heavy atom. The maximum Gasteiger partial charge on any atom is 0.152 e. The summed E-state index contributed by atoms with van der Waals surface area (Å²) < 4.78 is 36.4. The van der Waals surface area contributed by atoms with Crippen molar-refractivity contribution in [2.45, 2.75) is 19.4 Å². The summed E-state index contributed by atoms with van der Waals surface area (Å²) in [6, 6.07) is 2.96. The number of hydrogen-bond acceptors (Lipinski definition) is 3. The Hall–Kier alpha value is -0.620. The van der Waals surface area contributed by atoms with Gasteiger partial charge in [-0.25, -0.2) is 12.8 Å². The minimum Gasteiger partial charge on any atom is -0.381 e. The van der Waals surface area contributed by atoms with Gasteiger partial charge in [0.05, 0.1) is 16.0 Å². The van der Waals surface area contributed by atoms with Crippen molar-refractivity contribution in [2.75, 3.05) is 16.8 Å². The molecule has 0 bridgehead atoms. The lowest BCUT2D eigenvalue weighted by molar-refractivity contribution is 0.602. The highest BCUT2D eigenvalue weighted by Gasteiger charge is 2.28. The molecular formula is C11H13BrFNO2S. The van der Waals surface area contributed by atoms with Crippen LogP contribution in [0.3, 0.4) is 0 Å². The van der Waals surface area contributed by atoms with Crippen molar-refractivity contribution in [3.63, 3.8) is 0 Å². The van der Waals surface area contributed by atoms with Gasteiger partial charge in [-0.05, 0) is 47.0 Å². The first kappa shape index (κ1) is 12.8. The fourth-order valence-corrected chi connectivity index (χ4v) is 4.06. The van der Waals surface area contributed by atoms with Crippen LogP contribution in [0.1, 0.15) is 12.0 Å². The SMILES string of the molecule is Cc1cc(Br)c(F)cc1NC1CCS(=O)(=O)C1. The Morgan fingerprint density at radius 3 is 2.76 bits per heavy atom. The standard InChI is InChI=1S/C11H13BrFNO2S/c1-7-4-9(12)10(13)5-11(7)14-8-2-3-17(15,16)6-8/h4-5,8,14H,2-3,6H2,1H3. The molecule has 1 fully saturated rings. The largest absolute Gasteiger partial charge is 0.381 e. The van der Waals surface area contributed by atoms with E-state index in [0.717, 1.165) is 5.56 Å². The first-order valence-electron chi connectivity index (χ1n) is 5.30. The molecule has 1 aliphatic heterocycles. The normalized spacial score (nSPS) is 22.6. The van der Waals surface area contributed by atoms with Crippen LogP contribution in [0.2, 0.25) is 0 Å². The molecule has 1 aromatic rings. The lowest BCUT2D eigenvalue weighted by Gasteiger charge is -2.15. The summed E-state index contributed by atoms with van der Waals surface area (Å²) in [4.78, 5) is 0. The molecule has 0 aliphatic carbocycles. The highest BCUT2D eigenvalue weighted by atomic mass is 79.9. The van der Waals surface area contributed by atoms with Gasteiger partial charge in [0.1, 0.15) is 5.82 Å². The molecule has 1 saturated heterocycles. The molecule has 2 rings (SSSR count). The van der Waals surface area contributed by atoms with Crippen molar-refractivity contribution in [3.05, 3.63) is 28.0 Å². The molecule has 0 aromatic heterocycles. The average Bonchev–Trinajstić information content (AvgIpc) is 2.54. The number of benzene rings is 1. The van der Waals surface area contributed by atoms with Crippen molar-refractivity contribution in [3.8, 4) is 0 Å². The molecule has 1 aliphatic rings. The van der Waals surface area contributed by atoms with E-state index in [1.54, 1.807) is 6.07 Å². The zero-order valence-corrected chi connectivity index (χ0v) is 11.7. The second-order valence-corrected chi connectivity index (χ2v) is 7.41. The van der Waals surface area contributed by atoms with E-state index >= 15 is 0 Å². The summed E-state index contributed by atoms with van der Waals surface area (Å²) in [5.74, 6) is -0.00806. The zero-order chi connectivity index (χ0) is 12.6. The van der Waals surface area contributed by atoms with Gasteiger partial charge in [0.15, 0.2) is 9.84 Å². The second-order valence-electron chi connectivity index (χ2n) is 4.33. The summed E-state index contributed by atoms with van der Waals surface area (Å²) in [6.07, 6.45) is 0.583. The fourth-order valence-electron chi connectivity index (χ4n) is 1.93. The molecule has 3 nitrogen and oxygen atoms in total. The third-order valence-electron chi connectivity index (χ3n) is 2.86. The highest BCUT2D eigenvalue weighted by molar-refractivity contribution is 9.10. The summed E-state index contributed by atoms with van der Waals surface area (Å²) in [7, 11) is -2.91. The first-order valence-corrected chi connectivity index (χ1v) is 7.91. The minimum atomic E-state index is -2.91. The smallest absolute Gasteiger partial charge is 0.152 e. The molecule has 94 valence electrons. The number of rotatable bonds is 2. The Balaban J connectivity index is 2.17. The van der Waals surface area contributed by atoms with Crippen LogP contribution in [0.25, 0.3) is 0 Å². The summed E-state index contributed by atoms with van der Waals surface area (Å²) in [6.45, 7) is 1.86. The van der Waals surface area contributed by atoms with E-state index in [1.165, 1.54) is 6.07 Å². The molecule has 6 heteroatoms. The van der Waals surface area contributed by atoms with Gasteiger partial charge in [0.25, 0.3) is 0 Å². The molecule has 0 spiro atoms. The molecule has 17 heavy (non-hydrogen) atoms. The number of halogens is 2. The topological polar surface area (TPSA) is 46.2 Å². The molecule has 0 amide bonds. The Labute approximate surface area is 108 Å².